The summed E-state index contributed by atoms with van der Waals surface area (Å²) >= 11 is 0. The standard InChI is InChI=1S/C21H22N2O5/c1-20(2)18-16(26-4)8-9-17(27-5)19(18)22(3)21(20)11-10-13-12-14(23(24)25)6-7-15(13)28-21/h6-12H,1-5H3. The number of non-ortho nitro benzene ring substituents is 1. The number of ether oxygens (including phenoxy) is 3. The van der Waals surface area contributed by atoms with Gasteiger partial charge in [-0.2, -0.15) is 0 Å². The largest absolute Gasteiger partial charge is 0.496 e. The summed E-state index contributed by atoms with van der Waals surface area (Å²) in [6.45, 7) is 4.19. The highest BCUT2D eigenvalue weighted by Gasteiger charge is 2.60. The third-order valence-corrected chi connectivity index (χ3v) is 5.86. The van der Waals surface area contributed by atoms with Crippen molar-refractivity contribution >= 4 is 17.5 Å². The Morgan fingerprint density at radius 3 is 2.43 bits per heavy atom. The van der Waals surface area contributed by atoms with E-state index in [0.717, 1.165) is 22.7 Å². The average Bonchev–Trinajstić information content (AvgIpc) is 2.86. The van der Waals surface area contributed by atoms with Crippen LogP contribution in [0.15, 0.2) is 36.4 Å². The number of nitro groups is 1. The molecule has 0 fully saturated rings. The van der Waals surface area contributed by atoms with Crippen molar-refractivity contribution in [2.45, 2.75) is 25.0 Å². The molecule has 0 aliphatic carbocycles. The van der Waals surface area contributed by atoms with Crippen LogP contribution in [0, 0.1) is 10.1 Å². The number of hydrogen-bond donors (Lipinski definition) is 0. The maximum atomic E-state index is 11.1. The Balaban J connectivity index is 1.90. The minimum Gasteiger partial charge on any atom is -0.496 e. The van der Waals surface area contributed by atoms with Gasteiger partial charge in [0.05, 0.1) is 30.2 Å². The van der Waals surface area contributed by atoms with Gasteiger partial charge in [0.15, 0.2) is 0 Å². The molecule has 4 rings (SSSR count). The number of rotatable bonds is 3. The van der Waals surface area contributed by atoms with E-state index >= 15 is 0 Å². The van der Waals surface area contributed by atoms with Gasteiger partial charge in [-0.3, -0.25) is 10.1 Å². The highest BCUT2D eigenvalue weighted by molar-refractivity contribution is 5.79. The van der Waals surface area contributed by atoms with Crippen molar-refractivity contribution in [3.63, 3.8) is 0 Å². The third kappa shape index (κ3) is 2.16. The molecule has 0 aromatic heterocycles. The molecule has 2 heterocycles. The van der Waals surface area contributed by atoms with Crippen molar-refractivity contribution in [2.24, 2.45) is 0 Å². The Bertz CT molecular complexity index is 1010. The van der Waals surface area contributed by atoms with Crippen molar-refractivity contribution in [3.05, 3.63) is 57.6 Å². The van der Waals surface area contributed by atoms with Gasteiger partial charge in [-0.05, 0) is 44.2 Å². The first-order valence-corrected chi connectivity index (χ1v) is 8.93. The Morgan fingerprint density at radius 1 is 1.11 bits per heavy atom. The van der Waals surface area contributed by atoms with Gasteiger partial charge in [-0.1, -0.05) is 0 Å². The van der Waals surface area contributed by atoms with Crippen molar-refractivity contribution in [3.8, 4) is 17.2 Å². The van der Waals surface area contributed by atoms with Crippen LogP contribution in [0.3, 0.4) is 0 Å². The molecule has 2 aliphatic rings. The minimum atomic E-state index is -0.833. The van der Waals surface area contributed by atoms with Crippen molar-refractivity contribution in [1.29, 1.82) is 0 Å². The number of anilines is 1. The van der Waals surface area contributed by atoms with Gasteiger partial charge in [-0.15, -0.1) is 0 Å². The third-order valence-electron chi connectivity index (χ3n) is 5.86. The van der Waals surface area contributed by atoms with Gasteiger partial charge in [0.2, 0.25) is 5.72 Å². The molecule has 0 bridgehead atoms. The molecule has 0 saturated heterocycles. The molecule has 2 aromatic rings. The summed E-state index contributed by atoms with van der Waals surface area (Å²) in [4.78, 5) is 12.7. The fourth-order valence-corrected chi connectivity index (χ4v) is 4.38. The fourth-order valence-electron chi connectivity index (χ4n) is 4.38. The second kappa shape index (κ2) is 5.89. The zero-order valence-corrected chi connectivity index (χ0v) is 16.5. The minimum absolute atomic E-state index is 0.0358. The number of hydrogen-bond acceptors (Lipinski definition) is 6. The van der Waals surface area contributed by atoms with Crippen LogP contribution in [0.1, 0.15) is 25.0 Å². The molecule has 1 spiro atoms. The smallest absolute Gasteiger partial charge is 0.270 e. The Kier molecular flexibility index (Phi) is 3.82. The highest BCUT2D eigenvalue weighted by atomic mass is 16.6. The monoisotopic (exact) mass is 382 g/mol. The lowest BCUT2D eigenvalue weighted by Crippen LogP contribution is -2.58. The Labute approximate surface area is 163 Å². The number of benzene rings is 2. The molecule has 146 valence electrons. The van der Waals surface area contributed by atoms with Gasteiger partial charge in [-0.25, -0.2) is 0 Å². The maximum absolute atomic E-state index is 11.1. The van der Waals surface area contributed by atoms with Gasteiger partial charge < -0.3 is 19.1 Å². The van der Waals surface area contributed by atoms with E-state index < -0.39 is 16.1 Å². The van der Waals surface area contributed by atoms with Crippen LogP contribution in [-0.4, -0.2) is 31.9 Å². The first kappa shape index (κ1) is 18.2. The van der Waals surface area contributed by atoms with E-state index in [0.29, 0.717) is 11.3 Å². The molecule has 0 amide bonds. The molecule has 1 atom stereocenters. The van der Waals surface area contributed by atoms with E-state index in [1.54, 1.807) is 20.3 Å². The summed E-state index contributed by atoms with van der Waals surface area (Å²) < 4.78 is 17.8. The molecule has 28 heavy (non-hydrogen) atoms. The van der Waals surface area contributed by atoms with Gasteiger partial charge >= 0.3 is 0 Å². The summed E-state index contributed by atoms with van der Waals surface area (Å²) in [6.07, 6.45) is 3.84. The van der Waals surface area contributed by atoms with Gasteiger partial charge in [0.1, 0.15) is 17.2 Å². The number of fused-ring (bicyclic) bond motifs is 2. The number of nitro benzene ring substituents is 1. The van der Waals surface area contributed by atoms with Crippen molar-refractivity contribution in [2.75, 3.05) is 26.2 Å². The molecule has 2 aliphatic heterocycles. The van der Waals surface area contributed by atoms with Gasteiger partial charge in [0.25, 0.3) is 5.69 Å². The molecule has 7 nitrogen and oxygen atoms in total. The molecule has 0 radical (unpaired) electrons. The Hall–Kier alpha value is -3.22. The Morgan fingerprint density at radius 2 is 1.79 bits per heavy atom. The van der Waals surface area contributed by atoms with Crippen molar-refractivity contribution in [1.82, 2.24) is 0 Å². The predicted octanol–water partition coefficient (Wildman–Crippen LogP) is 4.14. The van der Waals surface area contributed by atoms with E-state index in [9.17, 15) is 10.1 Å². The zero-order valence-electron chi connectivity index (χ0n) is 16.5. The second-order valence-corrected chi connectivity index (χ2v) is 7.49. The topological polar surface area (TPSA) is 74.1 Å². The molecule has 1 unspecified atom stereocenters. The molecular formula is C21H22N2O5. The summed E-state index contributed by atoms with van der Waals surface area (Å²) in [5.41, 5.74) is 1.29. The molecule has 0 N–H and O–H groups in total. The lowest BCUT2D eigenvalue weighted by molar-refractivity contribution is -0.384. The zero-order chi connectivity index (χ0) is 20.3. The van der Waals surface area contributed by atoms with Crippen LogP contribution in [0.4, 0.5) is 11.4 Å². The first-order chi connectivity index (χ1) is 13.3. The van der Waals surface area contributed by atoms with Crippen LogP contribution in [0.5, 0.6) is 17.2 Å². The second-order valence-electron chi connectivity index (χ2n) is 7.49. The van der Waals surface area contributed by atoms with Crippen LogP contribution in [-0.2, 0) is 5.41 Å². The summed E-state index contributed by atoms with van der Waals surface area (Å²) in [7, 11) is 5.24. The fraction of sp³-hybridized carbons (Fsp3) is 0.333. The number of nitrogens with zero attached hydrogens (tertiary/aromatic N) is 2. The quantitative estimate of drug-likeness (QED) is 0.587. The van der Waals surface area contributed by atoms with E-state index in [2.05, 4.69) is 13.8 Å². The van der Waals surface area contributed by atoms with E-state index in [1.807, 2.05) is 36.2 Å². The molecule has 2 aromatic carbocycles. The highest BCUT2D eigenvalue weighted by Crippen LogP contribution is 2.59. The number of likely N-dealkylation sites (N-methyl/N-ethyl adjacent to an activating group) is 1. The SMILES string of the molecule is COc1ccc(OC)c2c1N(C)C1(C=Cc3cc([N+](=O)[O-])ccc3O1)C2(C)C. The molecular weight excluding hydrogens is 360 g/mol. The lowest BCUT2D eigenvalue weighted by atomic mass is 9.76. The summed E-state index contributed by atoms with van der Waals surface area (Å²) in [6, 6.07) is 8.42. The van der Waals surface area contributed by atoms with E-state index in [-0.39, 0.29) is 5.69 Å². The summed E-state index contributed by atoms with van der Waals surface area (Å²) in [5.74, 6) is 2.09. The van der Waals surface area contributed by atoms with Gasteiger partial charge in [0, 0.05) is 30.3 Å². The summed E-state index contributed by atoms with van der Waals surface area (Å²) in [5, 5.41) is 11.1. The average molecular weight is 382 g/mol. The molecule has 0 saturated carbocycles. The normalized spacial score (nSPS) is 21.1. The van der Waals surface area contributed by atoms with E-state index in [4.69, 9.17) is 14.2 Å². The number of methoxy groups -OCH3 is 2. The first-order valence-electron chi connectivity index (χ1n) is 8.93. The molecule has 7 heteroatoms. The van der Waals surface area contributed by atoms with Crippen molar-refractivity contribution < 1.29 is 19.1 Å². The van der Waals surface area contributed by atoms with E-state index in [1.165, 1.54) is 12.1 Å². The maximum Gasteiger partial charge on any atom is 0.270 e. The lowest BCUT2D eigenvalue weighted by Gasteiger charge is -2.45. The van der Waals surface area contributed by atoms with Crippen LogP contribution < -0.4 is 19.1 Å². The van der Waals surface area contributed by atoms with Crippen LogP contribution in [0.25, 0.3) is 6.08 Å². The van der Waals surface area contributed by atoms with Crippen LogP contribution >= 0.6 is 0 Å². The predicted molar refractivity (Wildman–Crippen MR) is 106 cm³/mol. The van der Waals surface area contributed by atoms with Crippen LogP contribution in [0.2, 0.25) is 0 Å².